The second-order valence-electron chi connectivity index (χ2n) is 4.44. The first kappa shape index (κ1) is 15.2. The van der Waals surface area contributed by atoms with Crippen molar-refractivity contribution in [3.8, 4) is 0 Å². The van der Waals surface area contributed by atoms with E-state index in [0.717, 1.165) is 16.7 Å². The summed E-state index contributed by atoms with van der Waals surface area (Å²) in [6.07, 6.45) is 0.429. The number of nitrogens with zero attached hydrogens (tertiary/aromatic N) is 2. The minimum atomic E-state index is -1.19. The van der Waals surface area contributed by atoms with Gasteiger partial charge < -0.3 is 10.1 Å². The summed E-state index contributed by atoms with van der Waals surface area (Å²) in [7, 11) is 0. The number of carbonyl (C=O) groups excluding carboxylic acids is 2. The molecular weight excluding hydrogens is 298 g/mol. The quantitative estimate of drug-likeness (QED) is 0.446. The normalized spacial score (nSPS) is 14.8. The summed E-state index contributed by atoms with van der Waals surface area (Å²) in [6, 6.07) is 0. The van der Waals surface area contributed by atoms with Gasteiger partial charge in [-0.25, -0.2) is 9.59 Å². The third-order valence-electron chi connectivity index (χ3n) is 3.01. The highest BCUT2D eigenvalue weighted by Gasteiger charge is 2.28. The van der Waals surface area contributed by atoms with E-state index in [1.807, 2.05) is 0 Å². The van der Waals surface area contributed by atoms with E-state index in [9.17, 15) is 19.2 Å². The Hall–Kier alpha value is -2.16. The van der Waals surface area contributed by atoms with Crippen LogP contribution in [0.3, 0.4) is 0 Å². The van der Waals surface area contributed by atoms with Crippen LogP contribution in [0.25, 0.3) is 0 Å². The molecular formula is C12H13N3O5S. The third-order valence-corrected chi connectivity index (χ3v) is 3.96. The van der Waals surface area contributed by atoms with E-state index >= 15 is 0 Å². The van der Waals surface area contributed by atoms with E-state index in [4.69, 9.17) is 5.11 Å². The Morgan fingerprint density at radius 2 is 1.95 bits per heavy atom. The molecule has 0 aromatic carbocycles. The van der Waals surface area contributed by atoms with Crippen molar-refractivity contribution in [2.24, 2.45) is 0 Å². The number of aryl methyl sites for hydroxylation is 1. The van der Waals surface area contributed by atoms with Gasteiger partial charge in [0.05, 0.1) is 0 Å². The first-order valence-corrected chi connectivity index (χ1v) is 7.19. The summed E-state index contributed by atoms with van der Waals surface area (Å²) in [5.74, 6) is -1.36. The van der Waals surface area contributed by atoms with Crippen molar-refractivity contribution in [3.05, 3.63) is 21.7 Å². The number of hydrogen-bond acceptors (Lipinski definition) is 6. The first-order chi connectivity index (χ1) is 9.90. The number of carbonyl (C=O) groups is 3. The van der Waals surface area contributed by atoms with Crippen molar-refractivity contribution in [1.82, 2.24) is 14.9 Å². The van der Waals surface area contributed by atoms with Crippen LogP contribution in [-0.4, -0.2) is 50.1 Å². The van der Waals surface area contributed by atoms with Crippen molar-refractivity contribution < 1.29 is 19.5 Å². The van der Waals surface area contributed by atoms with Gasteiger partial charge in [0.15, 0.2) is 0 Å². The number of rotatable bonds is 5. The molecule has 0 aliphatic carbocycles. The van der Waals surface area contributed by atoms with Gasteiger partial charge >= 0.3 is 11.7 Å². The van der Waals surface area contributed by atoms with E-state index in [1.165, 1.54) is 6.92 Å². The second-order valence-corrected chi connectivity index (χ2v) is 5.52. The van der Waals surface area contributed by atoms with E-state index in [0.29, 0.717) is 0 Å². The first-order valence-electron chi connectivity index (χ1n) is 6.20. The van der Waals surface area contributed by atoms with Crippen LogP contribution in [0.5, 0.6) is 0 Å². The van der Waals surface area contributed by atoms with Crippen molar-refractivity contribution in [3.63, 3.8) is 0 Å². The molecule has 1 aromatic rings. The minimum absolute atomic E-state index is 0.0707. The van der Waals surface area contributed by atoms with Gasteiger partial charge in [0.1, 0.15) is 10.6 Å². The smallest absolute Gasteiger partial charge is 0.346 e. The largest absolute Gasteiger partial charge is 0.478 e. The second kappa shape index (κ2) is 6.08. The number of thioether (sulfide) groups is 1. The molecule has 2 amide bonds. The highest BCUT2D eigenvalue weighted by molar-refractivity contribution is 7.99. The number of aromatic carboxylic acids is 1. The van der Waals surface area contributed by atoms with Crippen LogP contribution in [0.15, 0.2) is 9.82 Å². The Labute approximate surface area is 123 Å². The average molecular weight is 311 g/mol. The predicted octanol–water partition coefficient (Wildman–Crippen LogP) is 0.0176. The van der Waals surface area contributed by atoms with Gasteiger partial charge in [-0.15, -0.1) is 11.8 Å². The fourth-order valence-electron chi connectivity index (χ4n) is 2.02. The summed E-state index contributed by atoms with van der Waals surface area (Å²) in [4.78, 5) is 52.5. The molecule has 0 spiro atoms. The fraction of sp³-hybridized carbons (Fsp3) is 0.417. The molecule has 0 atom stereocenters. The highest BCUT2D eigenvalue weighted by Crippen LogP contribution is 2.22. The maximum absolute atomic E-state index is 11.4. The molecule has 0 saturated carbocycles. The molecule has 2 rings (SSSR count). The Morgan fingerprint density at radius 1 is 1.33 bits per heavy atom. The molecule has 21 heavy (non-hydrogen) atoms. The van der Waals surface area contributed by atoms with E-state index in [2.05, 4.69) is 9.97 Å². The number of aromatic amines is 1. The zero-order chi connectivity index (χ0) is 15.6. The summed E-state index contributed by atoms with van der Waals surface area (Å²) < 4.78 is 0. The average Bonchev–Trinajstić information content (AvgIpc) is 2.69. The summed E-state index contributed by atoms with van der Waals surface area (Å²) >= 11 is 1.04. The van der Waals surface area contributed by atoms with E-state index in [1.54, 1.807) is 0 Å². The molecule has 2 heterocycles. The van der Waals surface area contributed by atoms with Crippen molar-refractivity contribution >= 4 is 29.5 Å². The number of H-pyrrole nitrogens is 1. The lowest BCUT2D eigenvalue weighted by molar-refractivity contribution is -0.137. The lowest BCUT2D eigenvalue weighted by Gasteiger charge is -2.13. The monoisotopic (exact) mass is 311 g/mol. The van der Waals surface area contributed by atoms with Crippen LogP contribution < -0.4 is 5.69 Å². The molecule has 0 radical (unpaired) electrons. The van der Waals surface area contributed by atoms with Crippen LogP contribution in [0.4, 0.5) is 0 Å². The van der Waals surface area contributed by atoms with E-state index < -0.39 is 11.7 Å². The van der Waals surface area contributed by atoms with Crippen LogP contribution in [-0.2, 0) is 9.59 Å². The molecule has 112 valence electrons. The fourth-order valence-corrected chi connectivity index (χ4v) is 3.02. The van der Waals surface area contributed by atoms with Crippen LogP contribution >= 0.6 is 11.8 Å². The van der Waals surface area contributed by atoms with Crippen molar-refractivity contribution in [2.45, 2.75) is 24.8 Å². The van der Waals surface area contributed by atoms with Gasteiger partial charge in [-0.3, -0.25) is 14.5 Å². The lowest BCUT2D eigenvalue weighted by atomic mass is 10.2. The van der Waals surface area contributed by atoms with Crippen LogP contribution in [0.2, 0.25) is 0 Å². The number of carboxylic acid groups (broad SMARTS) is 1. The lowest BCUT2D eigenvalue weighted by Crippen LogP contribution is -2.31. The number of imide groups is 1. The van der Waals surface area contributed by atoms with Crippen molar-refractivity contribution in [1.29, 1.82) is 0 Å². The highest BCUT2D eigenvalue weighted by atomic mass is 32.2. The molecule has 2 N–H and O–H groups in total. The Morgan fingerprint density at radius 3 is 2.52 bits per heavy atom. The van der Waals surface area contributed by atoms with Gasteiger partial charge in [0.2, 0.25) is 11.8 Å². The Bertz CT molecular complexity index is 653. The molecule has 1 aromatic heterocycles. The SMILES string of the molecule is Cc1[nH]c(=O)nc(SCCN2C(=O)CCC2=O)c1C(=O)O. The standard InChI is InChI=1S/C12H13N3O5S/c1-6-9(11(18)19)10(14-12(20)13-6)21-5-4-15-7(16)2-3-8(15)17/h2-5H2,1H3,(H,18,19)(H,13,14,20). The Balaban J connectivity index is 2.10. The van der Waals surface area contributed by atoms with E-state index in [-0.39, 0.29) is 53.2 Å². The van der Waals surface area contributed by atoms with Gasteiger partial charge in [0, 0.05) is 30.8 Å². The predicted molar refractivity (Wildman–Crippen MR) is 73.2 cm³/mol. The van der Waals surface area contributed by atoms with Gasteiger partial charge in [0.25, 0.3) is 0 Å². The molecule has 1 aliphatic heterocycles. The summed E-state index contributed by atoms with van der Waals surface area (Å²) in [6.45, 7) is 1.65. The maximum Gasteiger partial charge on any atom is 0.346 e. The minimum Gasteiger partial charge on any atom is -0.478 e. The molecule has 1 aliphatic rings. The van der Waals surface area contributed by atoms with Crippen molar-refractivity contribution in [2.75, 3.05) is 12.3 Å². The zero-order valence-electron chi connectivity index (χ0n) is 11.2. The number of carboxylic acids is 1. The zero-order valence-corrected chi connectivity index (χ0v) is 12.0. The number of nitrogens with one attached hydrogen (secondary N) is 1. The van der Waals surface area contributed by atoms with Crippen LogP contribution in [0, 0.1) is 6.92 Å². The number of hydrogen-bond donors (Lipinski definition) is 2. The molecule has 1 fully saturated rings. The maximum atomic E-state index is 11.4. The number of likely N-dealkylation sites (tertiary alicyclic amines) is 1. The van der Waals surface area contributed by atoms with Gasteiger partial charge in [-0.05, 0) is 6.92 Å². The topological polar surface area (TPSA) is 120 Å². The Kier molecular flexibility index (Phi) is 4.41. The molecule has 9 heteroatoms. The summed E-state index contributed by atoms with van der Waals surface area (Å²) in [5.41, 5.74) is -0.481. The molecule has 1 saturated heterocycles. The van der Waals surface area contributed by atoms with Gasteiger partial charge in [-0.2, -0.15) is 4.98 Å². The third kappa shape index (κ3) is 3.30. The van der Waals surface area contributed by atoms with Gasteiger partial charge in [-0.1, -0.05) is 0 Å². The molecule has 0 bridgehead atoms. The number of amides is 2. The molecule has 8 nitrogen and oxygen atoms in total. The summed E-state index contributed by atoms with van der Waals surface area (Å²) in [5, 5.41) is 9.22. The number of aromatic nitrogens is 2. The molecule has 0 unspecified atom stereocenters. The van der Waals surface area contributed by atoms with Crippen LogP contribution in [0.1, 0.15) is 28.9 Å².